The Bertz CT molecular complexity index is 1170. The van der Waals surface area contributed by atoms with E-state index in [2.05, 4.69) is 97.1 Å². The molecule has 6 aromatic rings. The van der Waals surface area contributed by atoms with Gasteiger partial charge in [-0.1, -0.05) is 35.9 Å². The average Bonchev–Trinajstić information content (AvgIpc) is 3.69. The predicted octanol–water partition coefficient (Wildman–Crippen LogP) is 8.93. The van der Waals surface area contributed by atoms with Crippen LogP contribution in [0.1, 0.15) is 0 Å². The van der Waals surface area contributed by atoms with Crippen LogP contribution in [0.4, 0.5) is 0 Å². The quantitative estimate of drug-likeness (QED) is 0.161. The molecule has 0 bridgehead atoms. The fourth-order valence-electron chi connectivity index (χ4n) is 3.70. The van der Waals surface area contributed by atoms with E-state index in [1.54, 1.807) is 0 Å². The van der Waals surface area contributed by atoms with Crippen LogP contribution in [0.3, 0.4) is 0 Å². The normalized spacial score (nSPS) is 9.29. The standard InChI is InChI=1S/C22H16.2C5H5.2Fe/c1-2-9-17(10-3-1)20-15-8-16-21(18-11-4-5-12-18)22(20)19-13-6-7-14-19;2*1-2-4-5-3-1;;/h1-16H;2*1-5H;;/q-2;-5;-1;;. The van der Waals surface area contributed by atoms with Crippen LogP contribution in [-0.2, 0) is 34.1 Å². The van der Waals surface area contributed by atoms with Gasteiger partial charge in [0.1, 0.15) is 0 Å². The summed E-state index contributed by atoms with van der Waals surface area (Å²) >= 11 is 0. The van der Waals surface area contributed by atoms with Gasteiger partial charge in [0.05, 0.1) is 0 Å². The molecule has 34 heavy (non-hydrogen) atoms. The average molecular weight is 522 g/mol. The van der Waals surface area contributed by atoms with Crippen LogP contribution in [0.5, 0.6) is 0 Å². The van der Waals surface area contributed by atoms with Crippen molar-refractivity contribution in [1.82, 2.24) is 0 Å². The maximum Gasteiger partial charge on any atom is 0 e. The number of hydrogen-bond acceptors (Lipinski definition) is 0. The molecule has 0 aliphatic heterocycles. The van der Waals surface area contributed by atoms with E-state index in [1.807, 2.05) is 60.7 Å². The van der Waals surface area contributed by atoms with Crippen molar-refractivity contribution in [3.05, 3.63) is 158 Å². The minimum Gasteiger partial charge on any atom is -0.748 e. The predicted molar refractivity (Wildman–Crippen MR) is 138 cm³/mol. The Kier molecular flexibility index (Phi) is 11.9. The zero-order chi connectivity index (χ0) is 21.8. The Hall–Kier alpha value is -3.12. The van der Waals surface area contributed by atoms with Gasteiger partial charge < -0.3 is 30.3 Å². The molecule has 0 aliphatic rings. The van der Waals surface area contributed by atoms with Gasteiger partial charge in [-0.25, -0.2) is 12.1 Å². The van der Waals surface area contributed by atoms with Gasteiger partial charge in [0.15, 0.2) is 0 Å². The van der Waals surface area contributed by atoms with E-state index in [0.29, 0.717) is 0 Å². The van der Waals surface area contributed by atoms with Crippen LogP contribution in [0, 0.1) is 0 Å². The molecule has 0 amide bonds. The third-order valence-corrected chi connectivity index (χ3v) is 5.19. The van der Waals surface area contributed by atoms with E-state index >= 15 is 0 Å². The second kappa shape index (κ2) is 14.9. The number of hydrogen-bond donors (Lipinski definition) is 0. The van der Waals surface area contributed by atoms with Gasteiger partial charge in [0, 0.05) is 34.1 Å². The maximum absolute atomic E-state index is 2.21. The maximum atomic E-state index is 2.21. The molecule has 0 saturated heterocycles. The molecule has 6 aromatic carbocycles. The first-order valence-corrected chi connectivity index (χ1v) is 10.9. The van der Waals surface area contributed by atoms with Crippen LogP contribution in [0.2, 0.25) is 0 Å². The van der Waals surface area contributed by atoms with E-state index in [0.717, 1.165) is 0 Å². The monoisotopic (exact) mass is 522 g/mol. The van der Waals surface area contributed by atoms with Gasteiger partial charge in [0.2, 0.25) is 0 Å². The minimum absolute atomic E-state index is 0. The van der Waals surface area contributed by atoms with Gasteiger partial charge in [-0.2, -0.15) is 59.7 Å². The van der Waals surface area contributed by atoms with Crippen LogP contribution in [0.25, 0.3) is 33.4 Å². The van der Waals surface area contributed by atoms with Crippen molar-refractivity contribution in [3.8, 4) is 33.4 Å². The summed E-state index contributed by atoms with van der Waals surface area (Å²) in [5, 5.41) is 0. The summed E-state index contributed by atoms with van der Waals surface area (Å²) in [6.07, 6.45) is 0. The Morgan fingerprint density at radius 2 is 1.00 bits per heavy atom. The van der Waals surface area contributed by atoms with E-state index in [4.69, 9.17) is 0 Å². The van der Waals surface area contributed by atoms with E-state index < -0.39 is 0 Å². The molecule has 6 rings (SSSR count). The van der Waals surface area contributed by atoms with E-state index in [9.17, 15) is 0 Å². The molecule has 0 spiro atoms. The smallest absolute Gasteiger partial charge is 0 e. The molecule has 0 atom stereocenters. The second-order valence-corrected chi connectivity index (χ2v) is 7.37. The topological polar surface area (TPSA) is 0 Å². The minimum atomic E-state index is 0. The molecule has 0 heterocycles. The van der Waals surface area contributed by atoms with Gasteiger partial charge >= 0.3 is 0 Å². The summed E-state index contributed by atoms with van der Waals surface area (Å²) < 4.78 is 0. The van der Waals surface area contributed by atoms with E-state index in [1.165, 1.54) is 33.4 Å². The van der Waals surface area contributed by atoms with Crippen molar-refractivity contribution in [1.29, 1.82) is 0 Å². The first kappa shape index (κ1) is 27.1. The Labute approximate surface area is 224 Å². The number of rotatable bonds is 3. The van der Waals surface area contributed by atoms with Crippen LogP contribution in [-0.4, -0.2) is 0 Å². The Morgan fingerprint density at radius 1 is 0.471 bits per heavy atom. The summed E-state index contributed by atoms with van der Waals surface area (Å²) in [5.74, 6) is 0. The summed E-state index contributed by atoms with van der Waals surface area (Å²) in [5.41, 5.74) is 7.68. The second-order valence-electron chi connectivity index (χ2n) is 7.37. The van der Waals surface area contributed by atoms with Crippen molar-refractivity contribution in [2.24, 2.45) is 0 Å². The van der Waals surface area contributed by atoms with E-state index in [-0.39, 0.29) is 34.1 Å². The summed E-state index contributed by atoms with van der Waals surface area (Å²) in [6, 6.07) is 54.3. The van der Waals surface area contributed by atoms with Gasteiger partial charge in [-0.15, -0.1) is 53.1 Å². The third kappa shape index (κ3) is 7.45. The molecule has 0 N–H and O–H groups in total. The van der Waals surface area contributed by atoms with Crippen molar-refractivity contribution in [2.45, 2.75) is 0 Å². The van der Waals surface area contributed by atoms with Crippen LogP contribution in [0.15, 0.2) is 158 Å². The summed E-state index contributed by atoms with van der Waals surface area (Å²) in [7, 11) is 0. The molecular weight excluding hydrogens is 496 g/mol. The molecule has 0 unspecified atom stereocenters. The van der Waals surface area contributed by atoms with Gasteiger partial charge in [0.25, 0.3) is 0 Å². The van der Waals surface area contributed by atoms with Crippen molar-refractivity contribution >= 4 is 0 Å². The van der Waals surface area contributed by atoms with Crippen molar-refractivity contribution in [2.75, 3.05) is 0 Å². The molecule has 0 radical (unpaired) electrons. The zero-order valence-electron chi connectivity index (χ0n) is 18.7. The first-order chi connectivity index (χ1) is 15.9. The molecule has 0 nitrogen and oxygen atoms in total. The molecule has 0 saturated carbocycles. The summed E-state index contributed by atoms with van der Waals surface area (Å²) in [4.78, 5) is 0. The fraction of sp³-hybridized carbons (Fsp3) is 0. The molecule has 178 valence electrons. The molecule has 0 aromatic heterocycles. The fourth-order valence-corrected chi connectivity index (χ4v) is 3.70. The molecule has 2 heteroatoms. The largest absolute Gasteiger partial charge is 0.748 e. The van der Waals surface area contributed by atoms with Crippen LogP contribution >= 0.6 is 0 Å². The molecule has 0 fully saturated rings. The third-order valence-electron chi connectivity index (χ3n) is 5.19. The van der Waals surface area contributed by atoms with Gasteiger partial charge in [-0.05, 0) is 0 Å². The molecule has 0 aliphatic carbocycles. The number of benzene rings is 2. The van der Waals surface area contributed by atoms with Crippen LogP contribution < -0.4 is 0 Å². The first-order valence-electron chi connectivity index (χ1n) is 10.9. The Balaban J connectivity index is 0.000000283. The Morgan fingerprint density at radius 3 is 1.50 bits per heavy atom. The van der Waals surface area contributed by atoms with Gasteiger partial charge in [-0.3, -0.25) is 0 Å². The zero-order valence-corrected chi connectivity index (χ0v) is 20.9. The van der Waals surface area contributed by atoms with Crippen molar-refractivity contribution < 1.29 is 34.1 Å². The summed E-state index contributed by atoms with van der Waals surface area (Å²) in [6.45, 7) is 0. The SMILES string of the molecule is [Fe].[Fe].[cH-]1[cH-][cH-][cH-][cH-]1.c1cc[cH-]c1.c1ccc(-c2cccc(-[c-]3cccc3)c2-[c-]2cccc2)cc1. The molecular formula is C32H26Fe2-8. The van der Waals surface area contributed by atoms with Crippen molar-refractivity contribution in [3.63, 3.8) is 0 Å².